The van der Waals surface area contributed by atoms with E-state index < -0.39 is 12.5 Å². The Bertz CT molecular complexity index is 1290. The van der Waals surface area contributed by atoms with E-state index in [2.05, 4.69) is 25.3 Å². The van der Waals surface area contributed by atoms with Crippen molar-refractivity contribution in [2.45, 2.75) is 6.61 Å². The molecule has 0 saturated heterocycles. The summed E-state index contributed by atoms with van der Waals surface area (Å²) in [6.07, 6.45) is 1.61. The van der Waals surface area contributed by atoms with Gasteiger partial charge in [-0.1, -0.05) is 12.1 Å². The number of rotatable bonds is 8. The zero-order valence-electron chi connectivity index (χ0n) is 16.8. The van der Waals surface area contributed by atoms with E-state index in [1.165, 1.54) is 23.5 Å². The van der Waals surface area contributed by atoms with Crippen molar-refractivity contribution in [2.24, 2.45) is 5.73 Å². The minimum atomic E-state index is -2.90. The monoisotopic (exact) mass is 469 g/mol. The van der Waals surface area contributed by atoms with Crippen molar-refractivity contribution in [1.82, 2.24) is 9.97 Å². The molecule has 33 heavy (non-hydrogen) atoms. The molecule has 2 aromatic carbocycles. The number of primary amides is 1. The molecule has 2 heterocycles. The lowest BCUT2D eigenvalue weighted by molar-refractivity contribution is -0.0498. The zero-order valence-corrected chi connectivity index (χ0v) is 17.7. The SMILES string of the molecule is NC(=O)c1cc(-c2csc(NC(=O)c3ccccc3Nc3ccc(OC(F)F)cc3)n2)c[nH]1. The summed E-state index contributed by atoms with van der Waals surface area (Å²) in [6, 6.07) is 14.4. The van der Waals surface area contributed by atoms with Crippen LogP contribution in [0.2, 0.25) is 0 Å². The summed E-state index contributed by atoms with van der Waals surface area (Å²) < 4.78 is 29.0. The largest absolute Gasteiger partial charge is 0.435 e. The molecule has 0 aliphatic heterocycles. The van der Waals surface area contributed by atoms with Crippen LogP contribution >= 0.6 is 11.3 Å². The number of ether oxygens (including phenoxy) is 1. The summed E-state index contributed by atoms with van der Waals surface area (Å²) >= 11 is 1.23. The zero-order chi connectivity index (χ0) is 23.4. The number of hydrogen-bond acceptors (Lipinski definition) is 6. The number of benzene rings is 2. The molecule has 0 aliphatic carbocycles. The number of nitrogens with zero attached hydrogens (tertiary/aromatic N) is 1. The van der Waals surface area contributed by atoms with Crippen LogP contribution in [0.1, 0.15) is 20.8 Å². The fourth-order valence-electron chi connectivity index (χ4n) is 2.98. The first-order valence-corrected chi connectivity index (χ1v) is 10.4. The Morgan fingerprint density at radius 3 is 2.58 bits per heavy atom. The van der Waals surface area contributed by atoms with Gasteiger partial charge in [-0.25, -0.2) is 4.98 Å². The molecule has 0 spiro atoms. The van der Waals surface area contributed by atoms with Gasteiger partial charge in [0.25, 0.3) is 11.8 Å². The number of carbonyl (C=O) groups is 2. The molecule has 11 heteroatoms. The van der Waals surface area contributed by atoms with Crippen molar-refractivity contribution in [3.63, 3.8) is 0 Å². The molecule has 5 N–H and O–H groups in total. The highest BCUT2D eigenvalue weighted by molar-refractivity contribution is 7.14. The molecule has 0 bridgehead atoms. The second kappa shape index (κ2) is 9.49. The summed E-state index contributed by atoms with van der Waals surface area (Å²) in [5.41, 5.74) is 8.23. The molecular weight excluding hydrogens is 452 g/mol. The maximum Gasteiger partial charge on any atom is 0.387 e. The second-order valence-corrected chi connectivity index (χ2v) is 7.59. The number of para-hydroxylation sites is 1. The van der Waals surface area contributed by atoms with Gasteiger partial charge in [0, 0.05) is 22.8 Å². The van der Waals surface area contributed by atoms with Crippen molar-refractivity contribution in [2.75, 3.05) is 10.6 Å². The van der Waals surface area contributed by atoms with Crippen LogP contribution in [0.5, 0.6) is 5.75 Å². The van der Waals surface area contributed by atoms with Crippen LogP contribution in [0.4, 0.5) is 25.3 Å². The van der Waals surface area contributed by atoms with Crippen LogP contribution in [0.25, 0.3) is 11.3 Å². The van der Waals surface area contributed by atoms with Gasteiger partial charge < -0.3 is 20.8 Å². The summed E-state index contributed by atoms with van der Waals surface area (Å²) in [4.78, 5) is 31.3. The Labute approximate surface area is 190 Å². The molecule has 0 unspecified atom stereocenters. The molecule has 8 nitrogen and oxygen atoms in total. The molecule has 0 saturated carbocycles. The molecule has 0 fully saturated rings. The second-order valence-electron chi connectivity index (χ2n) is 6.73. The van der Waals surface area contributed by atoms with E-state index in [0.717, 1.165) is 0 Å². The quantitative estimate of drug-likeness (QED) is 0.294. The number of nitrogens with two attached hydrogens (primary N) is 1. The third-order valence-corrected chi connectivity index (χ3v) is 5.26. The third-order valence-electron chi connectivity index (χ3n) is 4.50. The lowest BCUT2D eigenvalue weighted by Gasteiger charge is -2.12. The van der Waals surface area contributed by atoms with Crippen LogP contribution in [-0.4, -0.2) is 28.4 Å². The first kappa shape index (κ1) is 22.0. The van der Waals surface area contributed by atoms with E-state index in [-0.39, 0.29) is 17.4 Å². The number of aromatic amines is 1. The number of alkyl halides is 2. The van der Waals surface area contributed by atoms with Gasteiger partial charge in [-0.05, 0) is 42.5 Å². The van der Waals surface area contributed by atoms with Gasteiger partial charge in [-0.3, -0.25) is 14.9 Å². The number of aromatic nitrogens is 2. The van der Waals surface area contributed by atoms with Crippen molar-refractivity contribution in [1.29, 1.82) is 0 Å². The third kappa shape index (κ3) is 5.33. The fourth-order valence-corrected chi connectivity index (χ4v) is 3.69. The van der Waals surface area contributed by atoms with Crippen molar-refractivity contribution in [3.05, 3.63) is 77.4 Å². The predicted octanol–water partition coefficient (Wildman–Crippen LogP) is 4.83. The number of carbonyl (C=O) groups excluding carboxylic acids is 2. The Morgan fingerprint density at radius 1 is 1.12 bits per heavy atom. The lowest BCUT2D eigenvalue weighted by atomic mass is 10.1. The molecular formula is C22H17F2N5O3S. The average Bonchev–Trinajstić information content (AvgIpc) is 3.45. The van der Waals surface area contributed by atoms with Gasteiger partial charge in [-0.2, -0.15) is 8.78 Å². The van der Waals surface area contributed by atoms with Gasteiger partial charge in [0.1, 0.15) is 11.4 Å². The summed E-state index contributed by atoms with van der Waals surface area (Å²) in [7, 11) is 0. The Kier molecular flexibility index (Phi) is 6.31. The van der Waals surface area contributed by atoms with E-state index in [9.17, 15) is 18.4 Å². The van der Waals surface area contributed by atoms with Crippen LogP contribution in [0.15, 0.2) is 66.2 Å². The normalized spacial score (nSPS) is 10.8. The molecule has 0 aliphatic rings. The highest BCUT2D eigenvalue weighted by Gasteiger charge is 2.15. The first-order chi connectivity index (χ1) is 15.9. The van der Waals surface area contributed by atoms with Crippen LogP contribution in [0, 0.1) is 0 Å². The summed E-state index contributed by atoms with van der Waals surface area (Å²) in [5, 5.41) is 7.98. The molecule has 4 aromatic rings. The molecule has 2 aromatic heterocycles. The topological polar surface area (TPSA) is 122 Å². The minimum Gasteiger partial charge on any atom is -0.435 e. The van der Waals surface area contributed by atoms with Crippen molar-refractivity contribution in [3.8, 4) is 17.0 Å². The highest BCUT2D eigenvalue weighted by atomic mass is 32.1. The number of nitrogens with one attached hydrogen (secondary N) is 3. The number of amides is 2. The molecule has 2 amide bonds. The van der Waals surface area contributed by atoms with Gasteiger partial charge in [-0.15, -0.1) is 11.3 Å². The van der Waals surface area contributed by atoms with E-state index in [4.69, 9.17) is 5.73 Å². The van der Waals surface area contributed by atoms with Gasteiger partial charge in [0.05, 0.1) is 16.9 Å². The maximum absolute atomic E-state index is 12.9. The predicted molar refractivity (Wildman–Crippen MR) is 121 cm³/mol. The summed E-state index contributed by atoms with van der Waals surface area (Å²) in [6.45, 7) is -2.90. The summed E-state index contributed by atoms with van der Waals surface area (Å²) in [5.74, 6) is -0.930. The molecule has 4 rings (SSSR count). The van der Waals surface area contributed by atoms with Crippen LogP contribution < -0.4 is 21.1 Å². The Hall–Kier alpha value is -4.25. The fraction of sp³-hybridized carbons (Fsp3) is 0.0455. The van der Waals surface area contributed by atoms with Gasteiger partial charge in [0.2, 0.25) is 0 Å². The van der Waals surface area contributed by atoms with Crippen molar-refractivity contribution < 1.29 is 23.1 Å². The maximum atomic E-state index is 12.9. The standard InChI is InChI=1S/C22H17F2N5O3S/c23-21(24)32-14-7-5-13(6-8-14)27-16-4-2-1-3-15(16)20(31)29-22-28-18(11-33-22)12-9-17(19(25)30)26-10-12/h1-11,21,26-27H,(H2,25,30)(H,28,29,31). The highest BCUT2D eigenvalue weighted by Crippen LogP contribution is 2.28. The molecule has 0 atom stereocenters. The molecule has 0 radical (unpaired) electrons. The number of anilines is 3. The number of H-pyrrole nitrogens is 1. The lowest BCUT2D eigenvalue weighted by Crippen LogP contribution is -2.13. The van der Waals surface area contributed by atoms with E-state index in [1.807, 2.05) is 0 Å². The van der Waals surface area contributed by atoms with Crippen molar-refractivity contribution >= 4 is 39.7 Å². The molecule has 168 valence electrons. The van der Waals surface area contributed by atoms with Gasteiger partial charge in [0.15, 0.2) is 5.13 Å². The van der Waals surface area contributed by atoms with E-state index in [0.29, 0.717) is 33.3 Å². The van der Waals surface area contributed by atoms with E-state index in [1.54, 1.807) is 54.0 Å². The number of hydrogen-bond donors (Lipinski definition) is 4. The van der Waals surface area contributed by atoms with E-state index >= 15 is 0 Å². The minimum absolute atomic E-state index is 0.0338. The average molecular weight is 469 g/mol. The van der Waals surface area contributed by atoms with Crippen LogP contribution in [-0.2, 0) is 0 Å². The Morgan fingerprint density at radius 2 is 1.88 bits per heavy atom. The van der Waals surface area contributed by atoms with Gasteiger partial charge >= 0.3 is 6.61 Å². The smallest absolute Gasteiger partial charge is 0.387 e. The van der Waals surface area contributed by atoms with Crippen LogP contribution in [0.3, 0.4) is 0 Å². The number of thiazole rings is 1. The number of halogens is 2. The Balaban J connectivity index is 1.47. The first-order valence-electron chi connectivity index (χ1n) is 9.55.